The van der Waals surface area contributed by atoms with Crippen molar-refractivity contribution < 1.29 is 4.52 Å². The molecule has 9 heteroatoms. The second-order valence-electron chi connectivity index (χ2n) is 7.82. The van der Waals surface area contributed by atoms with Crippen LogP contribution in [0.5, 0.6) is 0 Å². The van der Waals surface area contributed by atoms with E-state index < -0.39 is 5.41 Å². The first-order chi connectivity index (χ1) is 15.1. The van der Waals surface area contributed by atoms with Gasteiger partial charge in [-0.3, -0.25) is 14.6 Å². The summed E-state index contributed by atoms with van der Waals surface area (Å²) in [6.45, 7) is 1.54. The molecule has 0 N–H and O–H groups in total. The second kappa shape index (κ2) is 7.31. The zero-order chi connectivity index (χ0) is 21.4. The highest BCUT2D eigenvalue weighted by Gasteiger charge is 2.46. The van der Waals surface area contributed by atoms with Crippen LogP contribution in [0.2, 0.25) is 0 Å². The van der Waals surface area contributed by atoms with Crippen molar-refractivity contribution in [3.8, 4) is 34.8 Å². The van der Waals surface area contributed by atoms with Gasteiger partial charge in [-0.05, 0) is 18.2 Å². The summed E-state index contributed by atoms with van der Waals surface area (Å²) >= 11 is 0. The summed E-state index contributed by atoms with van der Waals surface area (Å²) in [6.07, 6.45) is 5.71. The molecule has 5 heterocycles. The molecule has 0 spiro atoms. The molecule has 0 saturated carbocycles. The van der Waals surface area contributed by atoms with Gasteiger partial charge in [0, 0.05) is 56.0 Å². The number of hydrogen-bond acceptors (Lipinski definition) is 8. The first kappa shape index (κ1) is 18.9. The van der Waals surface area contributed by atoms with Crippen LogP contribution in [-0.2, 0) is 12.5 Å². The van der Waals surface area contributed by atoms with Gasteiger partial charge in [0.25, 0.3) is 0 Å². The number of fused-ring (bicyclic) bond motifs is 1. The second-order valence-corrected chi connectivity index (χ2v) is 7.82. The maximum Gasteiger partial charge on any atom is 0.186 e. The maximum atomic E-state index is 9.35. The first-order valence-electron chi connectivity index (χ1n) is 9.80. The maximum absolute atomic E-state index is 9.35. The van der Waals surface area contributed by atoms with Crippen LogP contribution in [0, 0.1) is 22.7 Å². The number of rotatable bonds is 5. The lowest BCUT2D eigenvalue weighted by Gasteiger charge is -2.46. The molecule has 0 radical (unpaired) electrons. The molecule has 0 aromatic carbocycles. The van der Waals surface area contributed by atoms with Crippen LogP contribution in [-0.4, -0.2) is 49.4 Å². The Labute approximate surface area is 178 Å². The van der Waals surface area contributed by atoms with E-state index >= 15 is 0 Å². The molecule has 0 bridgehead atoms. The Morgan fingerprint density at radius 3 is 2.84 bits per heavy atom. The highest BCUT2D eigenvalue weighted by atomic mass is 16.5. The largest absolute Gasteiger partial charge is 0.354 e. The number of aryl methyl sites for hydroxylation is 1. The SMILES string of the molecule is Cn1cc(-c2cc3ncccc3c(-c3cc(C4(CC#N)CN(CC#N)C4)no3)n2)cn1. The lowest BCUT2D eigenvalue weighted by atomic mass is 9.74. The Morgan fingerprint density at radius 1 is 1.23 bits per heavy atom. The minimum absolute atomic E-state index is 0.312. The van der Waals surface area contributed by atoms with E-state index in [1.807, 2.05) is 42.4 Å². The van der Waals surface area contributed by atoms with Crippen LogP contribution in [0.1, 0.15) is 12.1 Å². The molecule has 5 rings (SSSR count). The fraction of sp³-hybridized carbons (Fsp3) is 0.273. The predicted octanol–water partition coefficient (Wildman–Crippen LogP) is 2.68. The normalized spacial score (nSPS) is 15.3. The van der Waals surface area contributed by atoms with Crippen molar-refractivity contribution in [1.82, 2.24) is 29.8 Å². The van der Waals surface area contributed by atoms with Gasteiger partial charge in [0.05, 0.1) is 47.2 Å². The van der Waals surface area contributed by atoms with Gasteiger partial charge in [-0.2, -0.15) is 15.6 Å². The molecule has 9 nitrogen and oxygen atoms in total. The molecule has 1 aliphatic heterocycles. The fourth-order valence-corrected chi connectivity index (χ4v) is 4.14. The Hall–Kier alpha value is -4.08. The highest BCUT2D eigenvalue weighted by molar-refractivity contribution is 5.93. The Balaban J connectivity index is 1.58. The quantitative estimate of drug-likeness (QED) is 0.461. The van der Waals surface area contributed by atoms with Crippen LogP contribution in [0.15, 0.2) is 47.4 Å². The smallest absolute Gasteiger partial charge is 0.186 e. The van der Waals surface area contributed by atoms with Crippen molar-refractivity contribution in [2.24, 2.45) is 7.05 Å². The van der Waals surface area contributed by atoms with Crippen LogP contribution in [0.4, 0.5) is 0 Å². The van der Waals surface area contributed by atoms with Crippen molar-refractivity contribution in [3.63, 3.8) is 0 Å². The molecule has 31 heavy (non-hydrogen) atoms. The summed E-state index contributed by atoms with van der Waals surface area (Å²) in [5, 5.41) is 27.7. The van der Waals surface area contributed by atoms with Gasteiger partial charge >= 0.3 is 0 Å². The van der Waals surface area contributed by atoms with Crippen LogP contribution in [0.3, 0.4) is 0 Å². The van der Waals surface area contributed by atoms with Crippen LogP contribution in [0.25, 0.3) is 33.6 Å². The third-order valence-corrected chi connectivity index (χ3v) is 5.65. The molecule has 152 valence electrons. The van der Waals surface area contributed by atoms with E-state index in [0.717, 1.165) is 22.2 Å². The number of pyridine rings is 2. The van der Waals surface area contributed by atoms with Crippen molar-refractivity contribution >= 4 is 10.9 Å². The van der Waals surface area contributed by atoms with E-state index in [9.17, 15) is 5.26 Å². The molecule has 4 aromatic rings. The van der Waals surface area contributed by atoms with Crippen molar-refractivity contribution in [2.45, 2.75) is 11.8 Å². The molecule has 0 unspecified atom stereocenters. The topological polar surface area (TPSA) is 120 Å². The monoisotopic (exact) mass is 410 g/mol. The van der Waals surface area contributed by atoms with Crippen LogP contribution >= 0.6 is 0 Å². The van der Waals surface area contributed by atoms with E-state index in [1.54, 1.807) is 17.1 Å². The Bertz CT molecular complexity index is 1350. The number of hydrogen-bond donors (Lipinski definition) is 0. The lowest BCUT2D eigenvalue weighted by Crippen LogP contribution is -2.59. The summed E-state index contributed by atoms with van der Waals surface area (Å²) in [4.78, 5) is 11.3. The van der Waals surface area contributed by atoms with E-state index in [-0.39, 0.29) is 0 Å². The van der Waals surface area contributed by atoms with Gasteiger partial charge in [0.15, 0.2) is 5.76 Å². The zero-order valence-electron chi connectivity index (χ0n) is 16.9. The summed E-state index contributed by atoms with van der Waals surface area (Å²) in [6, 6.07) is 12.0. The Morgan fingerprint density at radius 2 is 2.10 bits per heavy atom. The third kappa shape index (κ3) is 3.21. The number of aromatic nitrogens is 5. The molecular weight excluding hydrogens is 392 g/mol. The Kier molecular flexibility index (Phi) is 4.46. The van der Waals surface area contributed by atoms with Crippen molar-refractivity contribution in [1.29, 1.82) is 10.5 Å². The number of likely N-dealkylation sites (tertiary alicyclic amines) is 1. The molecule has 1 saturated heterocycles. The van der Waals surface area contributed by atoms with Gasteiger partial charge in [0.2, 0.25) is 0 Å². The van der Waals surface area contributed by atoms with E-state index in [2.05, 4.69) is 27.4 Å². The summed E-state index contributed by atoms with van der Waals surface area (Å²) in [5.74, 6) is 0.523. The summed E-state index contributed by atoms with van der Waals surface area (Å²) < 4.78 is 7.45. The minimum atomic E-state index is -0.428. The average Bonchev–Trinajstić information content (AvgIpc) is 3.41. The summed E-state index contributed by atoms with van der Waals surface area (Å²) in [5.41, 5.74) is 3.33. The first-order valence-corrected chi connectivity index (χ1v) is 9.80. The summed E-state index contributed by atoms with van der Waals surface area (Å²) in [7, 11) is 1.86. The van der Waals surface area contributed by atoms with Crippen LogP contribution < -0.4 is 0 Å². The van der Waals surface area contributed by atoms with Crippen molar-refractivity contribution in [3.05, 3.63) is 48.5 Å². The molecule has 1 fully saturated rings. The molecule has 0 aliphatic carbocycles. The highest BCUT2D eigenvalue weighted by Crippen LogP contribution is 2.39. The molecular formula is C22H18N8O. The van der Waals surface area contributed by atoms with Gasteiger partial charge in [-0.15, -0.1) is 0 Å². The van der Waals surface area contributed by atoms with Gasteiger partial charge in [0.1, 0.15) is 5.69 Å². The zero-order valence-corrected chi connectivity index (χ0v) is 16.9. The van der Waals surface area contributed by atoms with Gasteiger partial charge in [-0.25, -0.2) is 4.98 Å². The minimum Gasteiger partial charge on any atom is -0.354 e. The standard InChI is InChI=1S/C22H18N8O/c1-29-12-15(11-26-29)17-9-18-16(3-2-7-25-18)21(27-17)19-10-20(28-31-19)22(4-5-23)13-30(14-22)8-6-24/h2-3,7,9-12H,4,8,13-14H2,1H3. The van der Waals surface area contributed by atoms with Gasteiger partial charge < -0.3 is 4.52 Å². The molecule has 0 amide bonds. The number of nitriles is 2. The van der Waals surface area contributed by atoms with E-state index in [4.69, 9.17) is 14.8 Å². The molecule has 4 aromatic heterocycles. The fourth-order valence-electron chi connectivity index (χ4n) is 4.14. The lowest BCUT2D eigenvalue weighted by molar-refractivity contribution is 0.0762. The van der Waals surface area contributed by atoms with Gasteiger partial charge in [-0.1, -0.05) is 5.16 Å². The van der Waals surface area contributed by atoms with E-state index in [1.165, 1.54) is 0 Å². The molecule has 1 aliphatic rings. The molecule has 0 atom stereocenters. The van der Waals surface area contributed by atoms with Crippen molar-refractivity contribution in [2.75, 3.05) is 19.6 Å². The average molecular weight is 410 g/mol. The predicted molar refractivity (Wildman–Crippen MR) is 111 cm³/mol. The number of nitrogens with zero attached hydrogens (tertiary/aromatic N) is 8. The third-order valence-electron chi connectivity index (χ3n) is 5.65. The van der Waals surface area contributed by atoms with E-state index in [0.29, 0.717) is 43.2 Å².